The molecule has 0 aliphatic carbocycles. The van der Waals surface area contributed by atoms with Crippen LogP contribution in [-0.2, 0) is 12.8 Å². The van der Waals surface area contributed by atoms with Crippen LogP contribution in [0.1, 0.15) is 17.5 Å². The predicted molar refractivity (Wildman–Crippen MR) is 105 cm³/mol. The number of hydrogen-bond acceptors (Lipinski definition) is 3. The van der Waals surface area contributed by atoms with Gasteiger partial charge in [-0.15, -0.1) is 0 Å². The van der Waals surface area contributed by atoms with E-state index in [9.17, 15) is 0 Å². The molecule has 1 aliphatic rings. The zero-order chi connectivity index (χ0) is 17.5. The van der Waals surface area contributed by atoms with E-state index in [1.807, 2.05) is 18.2 Å². The molecular weight excluding hydrogens is 330 g/mol. The van der Waals surface area contributed by atoms with Gasteiger partial charge in [0, 0.05) is 35.6 Å². The van der Waals surface area contributed by atoms with Gasteiger partial charge in [0.1, 0.15) is 0 Å². The standard InChI is InChI=1S/C21H22ClN3/c22-19-11-10-18-9-8-17-6-1-2-7-20(17)25(21(18)16-19)15-5-14-24-13-4-3-12-23/h1-4,6-7,10-11,16,24H,5,8-9,13-15H2/b4-3+. The average Bonchev–Trinajstić information content (AvgIpc) is 2.78. The molecule has 0 unspecified atom stereocenters. The number of benzene rings is 2. The Morgan fingerprint density at radius 1 is 1.12 bits per heavy atom. The third kappa shape index (κ3) is 4.42. The number of nitrogens with zero attached hydrogens (tertiary/aromatic N) is 2. The number of fused-ring (bicyclic) bond motifs is 2. The molecule has 0 spiro atoms. The van der Waals surface area contributed by atoms with Crippen molar-refractivity contribution in [3.63, 3.8) is 0 Å². The van der Waals surface area contributed by atoms with Crippen molar-refractivity contribution in [2.24, 2.45) is 0 Å². The van der Waals surface area contributed by atoms with E-state index in [-0.39, 0.29) is 0 Å². The highest BCUT2D eigenvalue weighted by atomic mass is 35.5. The zero-order valence-corrected chi connectivity index (χ0v) is 15.0. The lowest BCUT2D eigenvalue weighted by Gasteiger charge is -2.27. The van der Waals surface area contributed by atoms with Crippen LogP contribution in [0, 0.1) is 11.3 Å². The predicted octanol–water partition coefficient (Wildman–Crippen LogP) is 4.64. The largest absolute Gasteiger partial charge is 0.341 e. The summed E-state index contributed by atoms with van der Waals surface area (Å²) in [5.74, 6) is 0. The molecule has 3 rings (SSSR count). The van der Waals surface area contributed by atoms with Gasteiger partial charge in [-0.1, -0.05) is 41.9 Å². The third-order valence-electron chi connectivity index (χ3n) is 4.47. The molecular formula is C21H22ClN3. The topological polar surface area (TPSA) is 39.1 Å². The lowest BCUT2D eigenvalue weighted by Crippen LogP contribution is -2.24. The Labute approximate surface area is 154 Å². The van der Waals surface area contributed by atoms with E-state index in [1.54, 1.807) is 0 Å². The molecule has 1 N–H and O–H groups in total. The van der Waals surface area contributed by atoms with Gasteiger partial charge in [0.2, 0.25) is 0 Å². The molecule has 4 heteroatoms. The number of halogens is 1. The third-order valence-corrected chi connectivity index (χ3v) is 4.71. The molecule has 0 atom stereocenters. The summed E-state index contributed by atoms with van der Waals surface area (Å²) < 4.78 is 0. The van der Waals surface area contributed by atoms with Gasteiger partial charge in [0.25, 0.3) is 0 Å². The molecule has 0 saturated heterocycles. The number of rotatable bonds is 6. The van der Waals surface area contributed by atoms with Crippen LogP contribution < -0.4 is 10.2 Å². The summed E-state index contributed by atoms with van der Waals surface area (Å²) in [7, 11) is 0. The molecule has 0 saturated carbocycles. The average molecular weight is 352 g/mol. The maximum atomic E-state index is 8.49. The second-order valence-electron chi connectivity index (χ2n) is 6.14. The number of para-hydroxylation sites is 1. The Kier molecular flexibility index (Phi) is 6.11. The van der Waals surface area contributed by atoms with E-state index in [0.29, 0.717) is 0 Å². The Hall–Kier alpha value is -2.28. The summed E-state index contributed by atoms with van der Waals surface area (Å²) in [5.41, 5.74) is 5.25. The molecule has 3 nitrogen and oxygen atoms in total. The number of hydrogen-bond donors (Lipinski definition) is 1. The summed E-state index contributed by atoms with van der Waals surface area (Å²) in [5, 5.41) is 12.6. The summed E-state index contributed by atoms with van der Waals surface area (Å²) in [4.78, 5) is 2.40. The summed E-state index contributed by atoms with van der Waals surface area (Å²) in [6.45, 7) is 2.57. The highest BCUT2D eigenvalue weighted by Crippen LogP contribution is 2.37. The van der Waals surface area contributed by atoms with Gasteiger partial charge in [0.05, 0.1) is 6.07 Å². The van der Waals surface area contributed by atoms with Crippen LogP contribution in [0.25, 0.3) is 0 Å². The summed E-state index contributed by atoms with van der Waals surface area (Å²) >= 11 is 6.28. The molecule has 0 amide bonds. The van der Waals surface area contributed by atoms with Crippen LogP contribution in [-0.4, -0.2) is 19.6 Å². The van der Waals surface area contributed by atoms with Gasteiger partial charge in [-0.25, -0.2) is 0 Å². The number of nitriles is 1. The first-order valence-electron chi connectivity index (χ1n) is 8.69. The van der Waals surface area contributed by atoms with E-state index in [0.717, 1.165) is 43.9 Å². The van der Waals surface area contributed by atoms with Gasteiger partial charge in [-0.05, 0) is 55.1 Å². The van der Waals surface area contributed by atoms with Gasteiger partial charge in [0.15, 0.2) is 0 Å². The van der Waals surface area contributed by atoms with Crippen LogP contribution in [0.4, 0.5) is 11.4 Å². The van der Waals surface area contributed by atoms with Crippen LogP contribution in [0.15, 0.2) is 54.6 Å². The molecule has 0 radical (unpaired) electrons. The fourth-order valence-electron chi connectivity index (χ4n) is 3.28. The second kappa shape index (κ2) is 8.71. The van der Waals surface area contributed by atoms with E-state index in [4.69, 9.17) is 16.9 Å². The summed E-state index contributed by atoms with van der Waals surface area (Å²) in [6, 6.07) is 16.9. The fraction of sp³-hybridized carbons (Fsp3) is 0.286. The Balaban J connectivity index is 1.76. The number of allylic oxidation sites excluding steroid dienone is 1. The number of nitrogens with one attached hydrogen (secondary N) is 1. The molecule has 2 aromatic rings. The first kappa shape index (κ1) is 17.5. The van der Waals surface area contributed by atoms with Crippen molar-refractivity contribution in [1.82, 2.24) is 5.32 Å². The zero-order valence-electron chi connectivity index (χ0n) is 14.2. The van der Waals surface area contributed by atoms with Crippen LogP contribution in [0.2, 0.25) is 5.02 Å². The first-order chi connectivity index (χ1) is 12.3. The van der Waals surface area contributed by atoms with Crippen molar-refractivity contribution in [2.75, 3.05) is 24.5 Å². The van der Waals surface area contributed by atoms with Crippen molar-refractivity contribution in [1.29, 1.82) is 5.26 Å². The van der Waals surface area contributed by atoms with Crippen LogP contribution in [0.5, 0.6) is 0 Å². The van der Waals surface area contributed by atoms with E-state index < -0.39 is 0 Å². The Morgan fingerprint density at radius 2 is 1.92 bits per heavy atom. The van der Waals surface area contributed by atoms with Crippen molar-refractivity contribution in [3.05, 3.63) is 70.8 Å². The molecule has 1 heterocycles. The lowest BCUT2D eigenvalue weighted by atomic mass is 10.0. The molecule has 0 bridgehead atoms. The Bertz CT molecular complexity index is 792. The normalized spacial score (nSPS) is 13.2. The molecule has 1 aliphatic heterocycles. The number of aryl methyl sites for hydroxylation is 2. The van der Waals surface area contributed by atoms with E-state index in [1.165, 1.54) is 28.6 Å². The van der Waals surface area contributed by atoms with Crippen molar-refractivity contribution in [2.45, 2.75) is 19.3 Å². The SMILES string of the molecule is N#C/C=C/CNCCCN1c2ccccc2CCc2ccc(Cl)cc21. The van der Waals surface area contributed by atoms with Gasteiger partial charge in [-0.2, -0.15) is 5.26 Å². The molecule has 0 fully saturated rings. The van der Waals surface area contributed by atoms with Crippen molar-refractivity contribution in [3.8, 4) is 6.07 Å². The summed E-state index contributed by atoms with van der Waals surface area (Å²) in [6.07, 6.45) is 6.46. The van der Waals surface area contributed by atoms with Gasteiger partial charge >= 0.3 is 0 Å². The quantitative estimate of drug-likeness (QED) is 0.609. The molecule has 25 heavy (non-hydrogen) atoms. The lowest BCUT2D eigenvalue weighted by molar-refractivity contribution is 0.692. The van der Waals surface area contributed by atoms with Crippen molar-refractivity contribution >= 4 is 23.0 Å². The maximum Gasteiger partial charge on any atom is 0.0909 e. The minimum Gasteiger partial charge on any atom is -0.341 e. The molecule has 128 valence electrons. The van der Waals surface area contributed by atoms with Gasteiger partial charge < -0.3 is 10.2 Å². The van der Waals surface area contributed by atoms with Crippen molar-refractivity contribution < 1.29 is 0 Å². The highest BCUT2D eigenvalue weighted by Gasteiger charge is 2.20. The first-order valence-corrected chi connectivity index (χ1v) is 9.06. The minimum atomic E-state index is 0.729. The fourth-order valence-corrected chi connectivity index (χ4v) is 3.45. The second-order valence-corrected chi connectivity index (χ2v) is 6.58. The minimum absolute atomic E-state index is 0.729. The highest BCUT2D eigenvalue weighted by molar-refractivity contribution is 6.30. The van der Waals surface area contributed by atoms with Crippen LogP contribution >= 0.6 is 11.6 Å². The maximum absolute atomic E-state index is 8.49. The monoisotopic (exact) mass is 351 g/mol. The molecule has 0 aromatic heterocycles. The van der Waals surface area contributed by atoms with Crippen LogP contribution in [0.3, 0.4) is 0 Å². The number of anilines is 2. The van der Waals surface area contributed by atoms with Gasteiger partial charge in [-0.3, -0.25) is 0 Å². The molecule has 2 aromatic carbocycles. The Morgan fingerprint density at radius 3 is 2.76 bits per heavy atom. The smallest absolute Gasteiger partial charge is 0.0909 e. The van der Waals surface area contributed by atoms with E-state index >= 15 is 0 Å². The van der Waals surface area contributed by atoms with E-state index in [2.05, 4.69) is 46.6 Å².